The minimum absolute atomic E-state index is 0.00569. The zero-order chi connectivity index (χ0) is 20.3. The summed E-state index contributed by atoms with van der Waals surface area (Å²) in [4.78, 5) is 15.5. The maximum absolute atomic E-state index is 13.5. The minimum Gasteiger partial charge on any atom is -0.496 e. The lowest BCUT2D eigenvalue weighted by atomic mass is 9.89. The van der Waals surface area contributed by atoms with E-state index in [0.29, 0.717) is 16.2 Å². The smallest absolute Gasteiger partial charge is 0.193 e. The summed E-state index contributed by atoms with van der Waals surface area (Å²) >= 11 is 9.16. The number of carbonyl (C=O) groups is 1. The number of Topliss-reactive ketones (excluding diaryl/α,β-unsaturated/α-hetero) is 1. The maximum Gasteiger partial charge on any atom is 0.193 e. The van der Waals surface area contributed by atoms with Crippen LogP contribution in [0.3, 0.4) is 0 Å². The van der Waals surface area contributed by atoms with E-state index in [-0.39, 0.29) is 11.8 Å². The number of nitrogens with one attached hydrogen (secondary N) is 1. The first-order valence-electron chi connectivity index (χ1n) is 9.19. The summed E-state index contributed by atoms with van der Waals surface area (Å²) in [5.74, 6) is 0.748. The fourth-order valence-corrected chi connectivity index (χ4v) is 4.33. The van der Waals surface area contributed by atoms with Crippen molar-refractivity contribution in [2.24, 2.45) is 0 Å². The number of carbonyl (C=O) groups excluding carboxylic acids is 1. The summed E-state index contributed by atoms with van der Waals surface area (Å²) in [5.41, 5.74) is 3.23. The van der Waals surface area contributed by atoms with E-state index in [1.165, 1.54) is 0 Å². The van der Waals surface area contributed by atoms with Gasteiger partial charge < -0.3 is 15.0 Å². The molecule has 2 aromatic rings. The van der Waals surface area contributed by atoms with Crippen molar-refractivity contribution in [3.8, 4) is 5.75 Å². The molecule has 0 spiro atoms. The molecule has 1 unspecified atom stereocenters. The molecule has 1 aliphatic rings. The van der Waals surface area contributed by atoms with Gasteiger partial charge in [-0.05, 0) is 59.2 Å². The molecular weight excluding hydrogens is 436 g/mol. The molecular formula is C22H23BrN2O2S. The van der Waals surface area contributed by atoms with Gasteiger partial charge in [0.2, 0.25) is 0 Å². The van der Waals surface area contributed by atoms with Gasteiger partial charge in [0.05, 0.1) is 17.6 Å². The van der Waals surface area contributed by atoms with E-state index in [0.717, 1.165) is 34.4 Å². The Labute approximate surface area is 179 Å². The highest BCUT2D eigenvalue weighted by Crippen LogP contribution is 2.36. The van der Waals surface area contributed by atoms with Crippen molar-refractivity contribution in [3.05, 3.63) is 75.4 Å². The summed E-state index contributed by atoms with van der Waals surface area (Å²) in [5, 5.41) is 4.02. The summed E-state index contributed by atoms with van der Waals surface area (Å²) in [7, 11) is 1.63. The second-order valence-corrected chi connectivity index (χ2v) is 7.86. The van der Waals surface area contributed by atoms with Crippen LogP contribution in [0.5, 0.6) is 5.75 Å². The number of allylic oxidation sites excluding steroid dienone is 1. The first-order valence-corrected chi connectivity index (χ1v) is 10.4. The Kier molecular flexibility index (Phi) is 6.52. The molecule has 1 heterocycles. The van der Waals surface area contributed by atoms with Crippen LogP contribution in [0.1, 0.15) is 42.2 Å². The van der Waals surface area contributed by atoms with Crippen LogP contribution in [0.25, 0.3) is 0 Å². The molecule has 146 valence electrons. The molecule has 0 saturated carbocycles. The minimum atomic E-state index is -0.324. The number of ketones is 1. The molecule has 4 nitrogen and oxygen atoms in total. The second-order valence-electron chi connectivity index (χ2n) is 6.62. The zero-order valence-electron chi connectivity index (χ0n) is 16.2. The van der Waals surface area contributed by atoms with Gasteiger partial charge in [-0.3, -0.25) is 4.79 Å². The van der Waals surface area contributed by atoms with Crippen molar-refractivity contribution >= 4 is 39.0 Å². The van der Waals surface area contributed by atoms with Gasteiger partial charge in [0, 0.05) is 23.4 Å². The first-order chi connectivity index (χ1) is 13.5. The van der Waals surface area contributed by atoms with E-state index in [9.17, 15) is 4.79 Å². The Morgan fingerprint density at radius 3 is 2.57 bits per heavy atom. The molecule has 0 amide bonds. The number of ether oxygens (including phenoxy) is 1. The number of rotatable bonds is 6. The quantitative estimate of drug-likeness (QED) is 0.472. The normalized spacial score (nSPS) is 16.8. The number of hydrogen-bond donors (Lipinski definition) is 1. The van der Waals surface area contributed by atoms with Crippen LogP contribution >= 0.6 is 28.1 Å². The predicted octanol–water partition coefficient (Wildman–Crippen LogP) is 5.26. The molecule has 1 atom stereocenters. The fraction of sp³-hybridized carbons (Fsp3) is 0.273. The largest absolute Gasteiger partial charge is 0.496 e. The third kappa shape index (κ3) is 3.98. The Balaban J connectivity index is 2.12. The summed E-state index contributed by atoms with van der Waals surface area (Å²) in [6.07, 6.45) is 0.935. The average molecular weight is 459 g/mol. The highest BCUT2D eigenvalue weighted by atomic mass is 79.9. The third-order valence-electron chi connectivity index (χ3n) is 4.83. The van der Waals surface area contributed by atoms with E-state index >= 15 is 0 Å². The highest BCUT2D eigenvalue weighted by molar-refractivity contribution is 9.10. The van der Waals surface area contributed by atoms with Crippen molar-refractivity contribution in [1.29, 1.82) is 0 Å². The molecule has 0 radical (unpaired) electrons. The molecule has 2 aromatic carbocycles. The fourth-order valence-electron chi connectivity index (χ4n) is 3.43. The Bertz CT molecular complexity index is 927. The molecule has 0 bridgehead atoms. The Hall–Kier alpha value is -2.18. The lowest BCUT2D eigenvalue weighted by Gasteiger charge is -2.38. The van der Waals surface area contributed by atoms with Gasteiger partial charge in [0.1, 0.15) is 5.75 Å². The van der Waals surface area contributed by atoms with Crippen LogP contribution in [0.4, 0.5) is 0 Å². The second kappa shape index (κ2) is 8.88. The SMILES string of the molecule is CCCN1C(=S)NC(c2ccc(OC)c(Br)c2)C(C(=O)c2ccccc2)=C1C. The number of nitrogens with zero attached hydrogens (tertiary/aromatic N) is 1. The van der Waals surface area contributed by atoms with Gasteiger partial charge in [-0.15, -0.1) is 0 Å². The van der Waals surface area contributed by atoms with Crippen molar-refractivity contribution in [2.75, 3.05) is 13.7 Å². The van der Waals surface area contributed by atoms with Crippen LogP contribution in [0.2, 0.25) is 0 Å². The van der Waals surface area contributed by atoms with Gasteiger partial charge in [-0.1, -0.05) is 43.3 Å². The topological polar surface area (TPSA) is 41.6 Å². The molecule has 0 fully saturated rings. The Morgan fingerprint density at radius 2 is 1.96 bits per heavy atom. The molecule has 1 N–H and O–H groups in total. The maximum atomic E-state index is 13.5. The van der Waals surface area contributed by atoms with Crippen LogP contribution in [-0.4, -0.2) is 29.5 Å². The monoisotopic (exact) mass is 458 g/mol. The van der Waals surface area contributed by atoms with Crippen molar-refractivity contribution in [3.63, 3.8) is 0 Å². The van der Waals surface area contributed by atoms with Gasteiger partial charge in [-0.2, -0.15) is 0 Å². The first kappa shape index (κ1) is 20.6. The predicted molar refractivity (Wildman–Crippen MR) is 120 cm³/mol. The molecule has 0 aromatic heterocycles. The number of benzene rings is 2. The summed E-state index contributed by atoms with van der Waals surface area (Å²) in [6.45, 7) is 4.84. The van der Waals surface area contributed by atoms with Crippen molar-refractivity contribution < 1.29 is 9.53 Å². The van der Waals surface area contributed by atoms with Gasteiger partial charge in [-0.25, -0.2) is 0 Å². The van der Waals surface area contributed by atoms with E-state index < -0.39 is 0 Å². The average Bonchev–Trinajstić information content (AvgIpc) is 2.71. The van der Waals surface area contributed by atoms with E-state index in [4.69, 9.17) is 17.0 Å². The zero-order valence-corrected chi connectivity index (χ0v) is 18.6. The van der Waals surface area contributed by atoms with Gasteiger partial charge in [0.15, 0.2) is 10.9 Å². The number of methoxy groups -OCH3 is 1. The summed E-state index contributed by atoms with van der Waals surface area (Å²) in [6, 6.07) is 14.9. The van der Waals surface area contributed by atoms with Gasteiger partial charge >= 0.3 is 0 Å². The van der Waals surface area contributed by atoms with E-state index in [1.54, 1.807) is 7.11 Å². The van der Waals surface area contributed by atoms with E-state index in [2.05, 4.69) is 28.2 Å². The lowest BCUT2D eigenvalue weighted by Crippen LogP contribution is -2.47. The summed E-state index contributed by atoms with van der Waals surface area (Å²) < 4.78 is 6.18. The molecule has 3 rings (SSSR count). The third-order valence-corrected chi connectivity index (χ3v) is 5.79. The van der Waals surface area contributed by atoms with E-state index in [1.807, 2.05) is 60.4 Å². The van der Waals surface area contributed by atoms with Gasteiger partial charge in [0.25, 0.3) is 0 Å². The molecule has 28 heavy (non-hydrogen) atoms. The van der Waals surface area contributed by atoms with Crippen LogP contribution in [-0.2, 0) is 0 Å². The number of hydrogen-bond acceptors (Lipinski definition) is 3. The standard InChI is InChI=1S/C22H23BrN2O2S/c1-4-12-25-14(2)19(21(26)15-8-6-5-7-9-15)20(24-22(25)28)16-10-11-18(27-3)17(23)13-16/h5-11,13,20H,4,12H2,1-3H3,(H,24,28). The van der Waals surface area contributed by atoms with Crippen molar-refractivity contribution in [1.82, 2.24) is 10.2 Å². The molecule has 0 aliphatic carbocycles. The molecule has 1 aliphatic heterocycles. The Morgan fingerprint density at radius 1 is 1.25 bits per heavy atom. The lowest BCUT2D eigenvalue weighted by molar-refractivity contribution is 0.102. The number of thiocarbonyl (C=S) groups is 1. The highest BCUT2D eigenvalue weighted by Gasteiger charge is 2.34. The van der Waals surface area contributed by atoms with Crippen LogP contribution < -0.4 is 10.1 Å². The molecule has 6 heteroatoms. The van der Waals surface area contributed by atoms with Crippen LogP contribution in [0.15, 0.2) is 64.3 Å². The number of halogens is 1. The molecule has 0 saturated heterocycles. The van der Waals surface area contributed by atoms with Crippen LogP contribution in [0, 0.1) is 0 Å². The van der Waals surface area contributed by atoms with Crippen molar-refractivity contribution in [2.45, 2.75) is 26.3 Å².